The summed E-state index contributed by atoms with van der Waals surface area (Å²) in [7, 11) is 0. The summed E-state index contributed by atoms with van der Waals surface area (Å²) in [5.41, 5.74) is 11.4. The molecular weight excluding hydrogens is 560 g/mol. The van der Waals surface area contributed by atoms with Gasteiger partial charge in [0.25, 0.3) is 0 Å². The van der Waals surface area contributed by atoms with Crippen LogP contribution in [0.2, 0.25) is 0 Å². The van der Waals surface area contributed by atoms with Gasteiger partial charge in [0.15, 0.2) is 0 Å². The van der Waals surface area contributed by atoms with E-state index in [2.05, 4.69) is 139 Å². The summed E-state index contributed by atoms with van der Waals surface area (Å²) in [6.45, 7) is 13.6. The van der Waals surface area contributed by atoms with Gasteiger partial charge in [-0.15, -0.1) is 11.1 Å². The molecule has 0 atom stereocenters. The SMILES string of the molecule is CC(C)(C)c1[c-]c2c(cc1)-c1ccc(C(C)(C)C)cc1C2.[Zr+2]=[C](c1ccccc1)c1ccccc1.c1cc[cH-]c1. The largest absolute Gasteiger partial charge is 0.214 e. The number of benzene rings is 4. The Balaban J connectivity index is 0.000000166. The van der Waals surface area contributed by atoms with Crippen LogP contribution in [0.25, 0.3) is 11.1 Å². The van der Waals surface area contributed by atoms with Crippen LogP contribution in [0, 0.1) is 6.07 Å². The van der Waals surface area contributed by atoms with E-state index in [-0.39, 0.29) is 10.8 Å². The van der Waals surface area contributed by atoms with Gasteiger partial charge in [0.05, 0.1) is 0 Å². The fourth-order valence-electron chi connectivity index (χ4n) is 4.72. The maximum Gasteiger partial charge on any atom is -0.172 e. The molecule has 200 valence electrons. The van der Waals surface area contributed by atoms with Crippen molar-refractivity contribution in [2.45, 2.75) is 58.8 Å². The van der Waals surface area contributed by atoms with Gasteiger partial charge in [-0.3, -0.25) is 0 Å². The summed E-state index contributed by atoms with van der Waals surface area (Å²) in [5.74, 6) is 0. The van der Waals surface area contributed by atoms with Gasteiger partial charge in [0.2, 0.25) is 0 Å². The molecule has 40 heavy (non-hydrogen) atoms. The van der Waals surface area contributed by atoms with Crippen LogP contribution >= 0.6 is 0 Å². The Hall–Kier alpha value is -3.02. The summed E-state index contributed by atoms with van der Waals surface area (Å²) >= 11 is 1.46. The Morgan fingerprint density at radius 3 is 1.68 bits per heavy atom. The molecule has 0 fully saturated rings. The molecule has 0 aliphatic heterocycles. The molecule has 0 radical (unpaired) electrons. The Morgan fingerprint density at radius 2 is 1.20 bits per heavy atom. The van der Waals surface area contributed by atoms with E-state index in [0.717, 1.165) is 6.42 Å². The first kappa shape index (κ1) is 30.0. The van der Waals surface area contributed by atoms with Gasteiger partial charge in [0, 0.05) is 0 Å². The molecule has 0 aromatic heterocycles. The van der Waals surface area contributed by atoms with Crippen LogP contribution in [0.4, 0.5) is 0 Å². The zero-order valence-corrected chi connectivity index (χ0v) is 27.2. The molecule has 0 saturated carbocycles. The molecule has 1 heteroatoms. The minimum absolute atomic E-state index is 0.167. The Bertz CT molecular complexity index is 1390. The second-order valence-electron chi connectivity index (χ2n) is 12.4. The average Bonchev–Trinajstić information content (AvgIpc) is 3.64. The first-order chi connectivity index (χ1) is 19.0. The molecular formula is C39H40Zr. The van der Waals surface area contributed by atoms with Crippen LogP contribution in [0.15, 0.2) is 121 Å². The second-order valence-corrected chi connectivity index (χ2v) is 13.6. The predicted molar refractivity (Wildman–Crippen MR) is 169 cm³/mol. The monoisotopic (exact) mass is 598 g/mol. The maximum absolute atomic E-state index is 3.67. The normalized spacial score (nSPS) is 11.8. The summed E-state index contributed by atoms with van der Waals surface area (Å²) < 4.78 is 1.42. The Labute approximate surface area is 256 Å². The van der Waals surface area contributed by atoms with Gasteiger partial charge in [-0.05, 0) is 28.4 Å². The van der Waals surface area contributed by atoms with E-state index in [1.807, 2.05) is 30.3 Å². The third-order valence-corrected chi connectivity index (χ3v) is 8.56. The van der Waals surface area contributed by atoms with Crippen LogP contribution in [0.5, 0.6) is 0 Å². The fraction of sp³-hybridized carbons (Fsp3) is 0.231. The predicted octanol–water partition coefficient (Wildman–Crippen LogP) is 9.86. The third-order valence-electron chi connectivity index (χ3n) is 7.14. The van der Waals surface area contributed by atoms with Crippen molar-refractivity contribution in [2.24, 2.45) is 0 Å². The molecule has 5 aromatic carbocycles. The van der Waals surface area contributed by atoms with Crippen LogP contribution in [-0.2, 0) is 41.5 Å². The van der Waals surface area contributed by atoms with Gasteiger partial charge < -0.3 is 0 Å². The van der Waals surface area contributed by atoms with Crippen molar-refractivity contribution in [1.29, 1.82) is 0 Å². The number of hydrogen-bond donors (Lipinski definition) is 0. The molecule has 0 saturated heterocycles. The molecule has 0 spiro atoms. The average molecular weight is 600 g/mol. The van der Waals surface area contributed by atoms with Crippen molar-refractivity contribution in [1.82, 2.24) is 0 Å². The summed E-state index contributed by atoms with van der Waals surface area (Å²) in [5, 5.41) is 0. The Morgan fingerprint density at radius 1 is 0.650 bits per heavy atom. The number of rotatable bonds is 2. The summed E-state index contributed by atoms with van der Waals surface area (Å²) in [6, 6.07) is 46.3. The van der Waals surface area contributed by atoms with Gasteiger partial charge in [0.1, 0.15) is 0 Å². The Kier molecular flexibility index (Phi) is 9.81. The van der Waals surface area contributed by atoms with Crippen LogP contribution < -0.4 is 0 Å². The van der Waals surface area contributed by atoms with Crippen molar-refractivity contribution < 1.29 is 24.2 Å². The van der Waals surface area contributed by atoms with Crippen molar-refractivity contribution in [2.75, 3.05) is 0 Å². The second kappa shape index (κ2) is 13.1. The van der Waals surface area contributed by atoms with E-state index in [1.165, 1.54) is 71.9 Å². The van der Waals surface area contributed by atoms with Crippen molar-refractivity contribution in [3.63, 3.8) is 0 Å². The topological polar surface area (TPSA) is 0 Å². The van der Waals surface area contributed by atoms with E-state index < -0.39 is 0 Å². The molecule has 0 bridgehead atoms. The first-order valence-corrected chi connectivity index (χ1v) is 15.3. The minimum atomic E-state index is 0.167. The zero-order valence-electron chi connectivity index (χ0n) is 24.8. The standard InChI is InChI=1S/C21H25.C13H10.C5H5.Zr/c1-20(2,3)16-7-9-18-14(12-16)11-15-13-17(21(4,5)6)8-10-19(15)18;1-3-7-12(8-4-1)11-13-9-5-2-6-10-13;1-2-4-5-3-1;/h7-10,12H,11H2,1-6H3;1-10H;1-5H;/q-1;;-1;+2. The zero-order chi connectivity index (χ0) is 28.8. The molecule has 0 nitrogen and oxygen atoms in total. The molecule has 1 aliphatic rings. The van der Waals surface area contributed by atoms with Gasteiger partial charge in [-0.2, -0.15) is 42.0 Å². The molecule has 0 amide bonds. The van der Waals surface area contributed by atoms with Crippen LogP contribution in [0.1, 0.15) is 74.9 Å². The minimum Gasteiger partial charge on any atom is -0.214 e. The molecule has 1 aliphatic carbocycles. The third kappa shape index (κ3) is 7.80. The van der Waals surface area contributed by atoms with E-state index >= 15 is 0 Å². The van der Waals surface area contributed by atoms with E-state index in [9.17, 15) is 0 Å². The van der Waals surface area contributed by atoms with E-state index in [0.29, 0.717) is 0 Å². The first-order valence-electron chi connectivity index (χ1n) is 14.1. The van der Waals surface area contributed by atoms with Gasteiger partial charge in [-0.1, -0.05) is 65.3 Å². The van der Waals surface area contributed by atoms with Gasteiger partial charge in [-0.25, -0.2) is 12.1 Å². The smallest absolute Gasteiger partial charge is 0.172 e. The van der Waals surface area contributed by atoms with Crippen molar-refractivity contribution in [3.05, 3.63) is 161 Å². The van der Waals surface area contributed by atoms with Gasteiger partial charge >= 0.3 is 99.2 Å². The number of fused-ring (bicyclic) bond motifs is 3. The summed E-state index contributed by atoms with van der Waals surface area (Å²) in [4.78, 5) is 0. The van der Waals surface area contributed by atoms with E-state index in [4.69, 9.17) is 0 Å². The van der Waals surface area contributed by atoms with Crippen LogP contribution in [-0.4, -0.2) is 3.21 Å². The summed E-state index contributed by atoms with van der Waals surface area (Å²) in [6.07, 6.45) is 1.03. The fourth-order valence-corrected chi connectivity index (χ4v) is 5.54. The quantitative estimate of drug-likeness (QED) is 0.174. The van der Waals surface area contributed by atoms with Crippen LogP contribution in [0.3, 0.4) is 0 Å². The molecule has 0 heterocycles. The molecule has 0 N–H and O–H groups in total. The van der Waals surface area contributed by atoms with Crippen molar-refractivity contribution >= 4 is 3.21 Å². The van der Waals surface area contributed by atoms with Crippen molar-refractivity contribution in [3.8, 4) is 11.1 Å². The van der Waals surface area contributed by atoms with E-state index in [1.54, 1.807) is 0 Å². The molecule has 5 aromatic rings. The number of hydrogen-bond acceptors (Lipinski definition) is 0. The maximum atomic E-state index is 3.67. The molecule has 0 unspecified atom stereocenters. The molecule has 6 rings (SSSR count).